The fourth-order valence-electron chi connectivity index (χ4n) is 1.62. The fourth-order valence-corrected chi connectivity index (χ4v) is 1.62. The molecule has 7 nitrogen and oxygen atoms in total. The maximum absolute atomic E-state index is 5.65. The summed E-state index contributed by atoms with van der Waals surface area (Å²) in [5, 5.41) is 3.05. The van der Waals surface area contributed by atoms with Gasteiger partial charge in [-0.25, -0.2) is 0 Å². The van der Waals surface area contributed by atoms with Crippen LogP contribution >= 0.6 is 0 Å². The summed E-state index contributed by atoms with van der Waals surface area (Å²) in [5.41, 5.74) is 6.47. The molecule has 2 rings (SSSR count). The molecule has 0 spiro atoms. The summed E-state index contributed by atoms with van der Waals surface area (Å²) in [6.07, 6.45) is -0.0369. The van der Waals surface area contributed by atoms with Gasteiger partial charge in [-0.1, -0.05) is 0 Å². The molecular weight excluding hydrogens is 270 g/mol. The summed E-state index contributed by atoms with van der Waals surface area (Å²) in [6.45, 7) is 6.35. The number of nitrogens with two attached hydrogens (primary N) is 1. The molecule has 0 aliphatic carbocycles. The van der Waals surface area contributed by atoms with E-state index >= 15 is 0 Å². The molecule has 0 unspecified atom stereocenters. The maximum atomic E-state index is 5.65. The van der Waals surface area contributed by atoms with E-state index in [1.165, 1.54) is 0 Å². The van der Waals surface area contributed by atoms with Crippen LogP contribution in [-0.4, -0.2) is 27.7 Å². The molecule has 0 fully saturated rings. The Hall–Kier alpha value is -2.57. The van der Waals surface area contributed by atoms with Crippen LogP contribution in [0.3, 0.4) is 0 Å². The average Bonchev–Trinajstić information content (AvgIpc) is 2.40. The van der Waals surface area contributed by atoms with Crippen molar-refractivity contribution in [2.24, 2.45) is 0 Å². The van der Waals surface area contributed by atoms with Crippen molar-refractivity contribution in [2.45, 2.75) is 26.9 Å². The molecule has 0 bridgehead atoms. The summed E-state index contributed by atoms with van der Waals surface area (Å²) in [4.78, 5) is 12.1. The van der Waals surface area contributed by atoms with E-state index in [0.29, 0.717) is 12.6 Å². The Kier molecular flexibility index (Phi) is 4.76. The van der Waals surface area contributed by atoms with Gasteiger partial charge in [0.25, 0.3) is 0 Å². The molecule has 112 valence electrons. The molecule has 7 heteroatoms. The highest BCUT2D eigenvalue weighted by atomic mass is 16.5. The SMILES string of the molecule is CCOc1ccc(Nc2nc(N)nc(OC(C)C)n2)cc1. The van der Waals surface area contributed by atoms with Gasteiger partial charge in [0.2, 0.25) is 11.9 Å². The molecule has 0 saturated carbocycles. The number of rotatable bonds is 6. The molecule has 21 heavy (non-hydrogen) atoms. The Morgan fingerprint density at radius 2 is 1.86 bits per heavy atom. The van der Waals surface area contributed by atoms with Gasteiger partial charge in [-0.15, -0.1) is 0 Å². The first-order valence-corrected chi connectivity index (χ1v) is 6.75. The van der Waals surface area contributed by atoms with Crippen molar-refractivity contribution in [3.63, 3.8) is 0 Å². The van der Waals surface area contributed by atoms with Crippen molar-refractivity contribution in [1.29, 1.82) is 0 Å². The van der Waals surface area contributed by atoms with Gasteiger partial charge in [0.1, 0.15) is 5.75 Å². The number of benzene rings is 1. The second kappa shape index (κ2) is 6.74. The summed E-state index contributed by atoms with van der Waals surface area (Å²) in [5.74, 6) is 1.25. The summed E-state index contributed by atoms with van der Waals surface area (Å²) in [7, 11) is 0. The smallest absolute Gasteiger partial charge is 0.323 e. The molecule has 0 atom stereocenters. The average molecular weight is 289 g/mol. The number of aromatic nitrogens is 3. The first-order chi connectivity index (χ1) is 10.1. The Morgan fingerprint density at radius 1 is 1.14 bits per heavy atom. The van der Waals surface area contributed by atoms with E-state index in [1.807, 2.05) is 45.0 Å². The van der Waals surface area contributed by atoms with Crippen LogP contribution in [0.25, 0.3) is 0 Å². The summed E-state index contributed by atoms with van der Waals surface area (Å²) in [6, 6.07) is 7.66. The third-order valence-electron chi connectivity index (χ3n) is 2.39. The molecule has 1 heterocycles. The maximum Gasteiger partial charge on any atom is 0.323 e. The Balaban J connectivity index is 2.12. The van der Waals surface area contributed by atoms with Gasteiger partial charge in [-0.3, -0.25) is 0 Å². The van der Waals surface area contributed by atoms with Crippen molar-refractivity contribution < 1.29 is 9.47 Å². The lowest BCUT2D eigenvalue weighted by molar-refractivity contribution is 0.222. The van der Waals surface area contributed by atoms with Gasteiger partial charge in [0.05, 0.1) is 12.7 Å². The largest absolute Gasteiger partial charge is 0.494 e. The van der Waals surface area contributed by atoms with E-state index in [-0.39, 0.29) is 18.1 Å². The Labute approximate surface area is 123 Å². The number of nitrogens with zero attached hydrogens (tertiary/aromatic N) is 3. The first kappa shape index (κ1) is 14.8. The van der Waals surface area contributed by atoms with Crippen LogP contribution in [0, 0.1) is 0 Å². The van der Waals surface area contributed by atoms with E-state index in [9.17, 15) is 0 Å². The van der Waals surface area contributed by atoms with Crippen LogP contribution in [0.15, 0.2) is 24.3 Å². The molecule has 0 saturated heterocycles. The first-order valence-electron chi connectivity index (χ1n) is 6.75. The van der Waals surface area contributed by atoms with Crippen molar-refractivity contribution in [1.82, 2.24) is 15.0 Å². The second-order valence-electron chi connectivity index (χ2n) is 4.55. The normalized spacial score (nSPS) is 10.5. The zero-order valence-corrected chi connectivity index (χ0v) is 12.3. The van der Waals surface area contributed by atoms with Gasteiger partial charge in [0, 0.05) is 5.69 Å². The van der Waals surface area contributed by atoms with Gasteiger partial charge in [-0.05, 0) is 45.0 Å². The van der Waals surface area contributed by atoms with Gasteiger partial charge in [-0.2, -0.15) is 15.0 Å². The molecule has 1 aromatic heterocycles. The lowest BCUT2D eigenvalue weighted by Gasteiger charge is -2.10. The Bertz CT molecular complexity index is 586. The van der Waals surface area contributed by atoms with Crippen LogP contribution in [0.2, 0.25) is 0 Å². The lowest BCUT2D eigenvalue weighted by atomic mass is 10.3. The van der Waals surface area contributed by atoms with Crippen molar-refractivity contribution in [2.75, 3.05) is 17.7 Å². The zero-order valence-electron chi connectivity index (χ0n) is 12.3. The number of hydrogen-bond donors (Lipinski definition) is 2. The number of nitrogens with one attached hydrogen (secondary N) is 1. The highest BCUT2D eigenvalue weighted by Crippen LogP contribution is 2.19. The molecule has 0 aliphatic rings. The highest BCUT2D eigenvalue weighted by molar-refractivity contribution is 5.55. The summed E-state index contributed by atoms with van der Waals surface area (Å²) >= 11 is 0. The van der Waals surface area contributed by atoms with E-state index in [1.54, 1.807) is 0 Å². The predicted molar refractivity (Wildman–Crippen MR) is 80.9 cm³/mol. The van der Waals surface area contributed by atoms with Crippen LogP contribution in [0.4, 0.5) is 17.6 Å². The third-order valence-corrected chi connectivity index (χ3v) is 2.39. The van der Waals surface area contributed by atoms with E-state index < -0.39 is 0 Å². The van der Waals surface area contributed by atoms with Crippen molar-refractivity contribution in [3.8, 4) is 11.8 Å². The molecule has 1 aromatic carbocycles. The molecule has 0 amide bonds. The highest BCUT2D eigenvalue weighted by Gasteiger charge is 2.07. The van der Waals surface area contributed by atoms with Crippen molar-refractivity contribution >= 4 is 17.6 Å². The minimum atomic E-state index is -0.0369. The molecule has 2 aromatic rings. The number of hydrogen-bond acceptors (Lipinski definition) is 7. The quantitative estimate of drug-likeness (QED) is 0.842. The standard InChI is InChI=1S/C14H19N5O2/c1-4-20-11-7-5-10(6-8-11)16-13-17-12(15)18-14(19-13)21-9(2)3/h5-9H,4H2,1-3H3,(H3,15,16,17,18,19). The van der Waals surface area contributed by atoms with E-state index in [2.05, 4.69) is 20.3 Å². The summed E-state index contributed by atoms with van der Waals surface area (Å²) < 4.78 is 10.8. The molecule has 0 radical (unpaired) electrons. The number of nitrogen functional groups attached to an aromatic ring is 1. The molecular formula is C14H19N5O2. The van der Waals surface area contributed by atoms with Crippen LogP contribution in [0.5, 0.6) is 11.8 Å². The van der Waals surface area contributed by atoms with Crippen LogP contribution < -0.4 is 20.5 Å². The van der Waals surface area contributed by atoms with Gasteiger partial charge >= 0.3 is 6.01 Å². The zero-order chi connectivity index (χ0) is 15.2. The number of anilines is 3. The minimum Gasteiger partial charge on any atom is -0.494 e. The monoisotopic (exact) mass is 289 g/mol. The molecule has 3 N–H and O–H groups in total. The van der Waals surface area contributed by atoms with E-state index in [4.69, 9.17) is 15.2 Å². The topological polar surface area (TPSA) is 95.2 Å². The predicted octanol–water partition coefficient (Wildman–Crippen LogP) is 2.38. The Morgan fingerprint density at radius 3 is 2.48 bits per heavy atom. The van der Waals surface area contributed by atoms with E-state index in [0.717, 1.165) is 11.4 Å². The third kappa shape index (κ3) is 4.48. The minimum absolute atomic E-state index is 0.0369. The lowest BCUT2D eigenvalue weighted by Crippen LogP contribution is -2.11. The van der Waals surface area contributed by atoms with Gasteiger partial charge < -0.3 is 20.5 Å². The van der Waals surface area contributed by atoms with Crippen LogP contribution in [-0.2, 0) is 0 Å². The second-order valence-corrected chi connectivity index (χ2v) is 4.55. The number of ether oxygens (including phenoxy) is 2. The van der Waals surface area contributed by atoms with Crippen molar-refractivity contribution in [3.05, 3.63) is 24.3 Å². The van der Waals surface area contributed by atoms with Crippen LogP contribution in [0.1, 0.15) is 20.8 Å². The molecule has 0 aliphatic heterocycles. The fraction of sp³-hybridized carbons (Fsp3) is 0.357. The van der Waals surface area contributed by atoms with Gasteiger partial charge in [0.15, 0.2) is 0 Å².